The summed E-state index contributed by atoms with van der Waals surface area (Å²) in [4.78, 5) is 23.1. The second-order valence-electron chi connectivity index (χ2n) is 4.59. The Morgan fingerprint density at radius 3 is 2.50 bits per heavy atom. The summed E-state index contributed by atoms with van der Waals surface area (Å²) in [6, 6.07) is 6.82. The van der Waals surface area contributed by atoms with Crippen molar-refractivity contribution in [1.29, 1.82) is 0 Å². The van der Waals surface area contributed by atoms with Crippen LogP contribution in [0.15, 0.2) is 24.3 Å². The van der Waals surface area contributed by atoms with Crippen molar-refractivity contribution in [2.45, 2.75) is 13.3 Å². The molecule has 2 amide bonds. The molecule has 1 saturated carbocycles. The van der Waals surface area contributed by atoms with Crippen molar-refractivity contribution in [1.82, 2.24) is 5.32 Å². The molecule has 0 heterocycles. The van der Waals surface area contributed by atoms with Crippen LogP contribution in [0.25, 0.3) is 0 Å². The highest BCUT2D eigenvalue weighted by atomic mass is 35.5. The molecule has 1 aromatic carbocycles. The molecule has 0 bridgehead atoms. The molecule has 18 heavy (non-hydrogen) atoms. The maximum atomic E-state index is 11.6. The topological polar surface area (TPSA) is 58.2 Å². The zero-order valence-corrected chi connectivity index (χ0v) is 10.8. The van der Waals surface area contributed by atoms with Gasteiger partial charge in [0.2, 0.25) is 11.8 Å². The Kier molecular flexibility index (Phi) is 3.87. The second-order valence-corrected chi connectivity index (χ2v) is 5.03. The van der Waals surface area contributed by atoms with E-state index in [1.165, 1.54) is 0 Å². The van der Waals surface area contributed by atoms with E-state index in [2.05, 4.69) is 10.6 Å². The van der Waals surface area contributed by atoms with Gasteiger partial charge in [0.15, 0.2) is 0 Å². The van der Waals surface area contributed by atoms with Crippen LogP contribution in [-0.4, -0.2) is 18.4 Å². The lowest BCUT2D eigenvalue weighted by molar-refractivity contribution is -0.125. The van der Waals surface area contributed by atoms with Crippen molar-refractivity contribution in [3.63, 3.8) is 0 Å². The monoisotopic (exact) mass is 266 g/mol. The molecule has 0 saturated heterocycles. The van der Waals surface area contributed by atoms with E-state index < -0.39 is 0 Å². The molecule has 0 unspecified atom stereocenters. The Balaban J connectivity index is 1.75. The van der Waals surface area contributed by atoms with Crippen molar-refractivity contribution in [3.8, 4) is 0 Å². The van der Waals surface area contributed by atoms with E-state index in [9.17, 15) is 9.59 Å². The van der Waals surface area contributed by atoms with Gasteiger partial charge in [-0.15, -0.1) is 0 Å². The van der Waals surface area contributed by atoms with E-state index in [4.69, 9.17) is 11.6 Å². The fourth-order valence-corrected chi connectivity index (χ4v) is 1.85. The summed E-state index contributed by atoms with van der Waals surface area (Å²) in [6.07, 6.45) is 0.921. The SMILES string of the molecule is C[C@@H]1C[C@H]1C(=O)NCC(=O)Nc1ccc(Cl)cc1. The average Bonchev–Trinajstić information content (AvgIpc) is 3.06. The van der Waals surface area contributed by atoms with Crippen molar-refractivity contribution < 1.29 is 9.59 Å². The van der Waals surface area contributed by atoms with Crippen LogP contribution in [0.2, 0.25) is 5.02 Å². The van der Waals surface area contributed by atoms with E-state index in [1.807, 2.05) is 6.92 Å². The third kappa shape index (κ3) is 3.47. The Hall–Kier alpha value is -1.55. The van der Waals surface area contributed by atoms with Gasteiger partial charge >= 0.3 is 0 Å². The minimum absolute atomic E-state index is 0.00464. The normalized spacial score (nSPS) is 21.2. The summed E-state index contributed by atoms with van der Waals surface area (Å²) in [7, 11) is 0. The molecule has 0 radical (unpaired) electrons. The molecule has 0 spiro atoms. The van der Waals surface area contributed by atoms with Gasteiger partial charge in [0, 0.05) is 16.6 Å². The van der Waals surface area contributed by atoms with Crippen LogP contribution < -0.4 is 10.6 Å². The van der Waals surface area contributed by atoms with Gasteiger partial charge in [0.05, 0.1) is 6.54 Å². The van der Waals surface area contributed by atoms with Crippen molar-refractivity contribution in [2.75, 3.05) is 11.9 Å². The third-order valence-corrected chi connectivity index (χ3v) is 3.25. The van der Waals surface area contributed by atoms with Gasteiger partial charge < -0.3 is 10.6 Å². The second kappa shape index (κ2) is 5.40. The largest absolute Gasteiger partial charge is 0.347 e. The van der Waals surface area contributed by atoms with Gasteiger partial charge in [-0.3, -0.25) is 9.59 Å². The molecule has 1 aromatic rings. The van der Waals surface area contributed by atoms with Crippen LogP contribution in [0, 0.1) is 11.8 Å². The van der Waals surface area contributed by atoms with Gasteiger partial charge in [-0.2, -0.15) is 0 Å². The quantitative estimate of drug-likeness (QED) is 0.876. The summed E-state index contributed by atoms with van der Waals surface area (Å²) in [5.41, 5.74) is 0.665. The summed E-state index contributed by atoms with van der Waals surface area (Å²) < 4.78 is 0. The number of hydrogen-bond acceptors (Lipinski definition) is 2. The fraction of sp³-hybridized carbons (Fsp3) is 0.385. The van der Waals surface area contributed by atoms with E-state index in [1.54, 1.807) is 24.3 Å². The molecule has 5 heteroatoms. The molecule has 2 rings (SSSR count). The van der Waals surface area contributed by atoms with Gasteiger partial charge in [0.1, 0.15) is 0 Å². The highest BCUT2D eigenvalue weighted by Crippen LogP contribution is 2.37. The number of amides is 2. The standard InChI is InChI=1S/C13H15ClN2O2/c1-8-6-11(8)13(18)15-7-12(17)16-10-4-2-9(14)3-5-10/h2-5,8,11H,6-7H2,1H3,(H,15,18)(H,16,17)/t8-,11-/m1/s1. The first kappa shape index (κ1) is 12.9. The van der Waals surface area contributed by atoms with Crippen LogP contribution >= 0.6 is 11.6 Å². The zero-order valence-electron chi connectivity index (χ0n) is 10.1. The lowest BCUT2D eigenvalue weighted by Gasteiger charge is -2.06. The number of anilines is 1. The number of halogens is 1. The predicted octanol–water partition coefficient (Wildman–Crippen LogP) is 2.05. The van der Waals surface area contributed by atoms with Crippen LogP contribution in [-0.2, 0) is 9.59 Å². The summed E-state index contributed by atoms with van der Waals surface area (Å²) in [5.74, 6) is 0.269. The molecule has 1 fully saturated rings. The molecule has 0 aliphatic heterocycles. The Bertz CT molecular complexity index is 459. The van der Waals surface area contributed by atoms with Gasteiger partial charge in [0.25, 0.3) is 0 Å². The maximum absolute atomic E-state index is 11.6. The number of carbonyl (C=O) groups excluding carboxylic acids is 2. The smallest absolute Gasteiger partial charge is 0.243 e. The lowest BCUT2D eigenvalue weighted by atomic mass is 10.3. The van der Waals surface area contributed by atoms with E-state index in [0.29, 0.717) is 16.6 Å². The minimum atomic E-state index is -0.237. The third-order valence-electron chi connectivity index (χ3n) is 3.00. The first-order chi connectivity index (χ1) is 8.56. The van der Waals surface area contributed by atoms with Crippen LogP contribution in [0.4, 0.5) is 5.69 Å². The molecule has 96 valence electrons. The van der Waals surface area contributed by atoms with E-state index in [-0.39, 0.29) is 24.3 Å². The molecule has 4 nitrogen and oxygen atoms in total. The van der Waals surface area contributed by atoms with Crippen LogP contribution in [0.3, 0.4) is 0 Å². The molecule has 0 aromatic heterocycles. The molecule has 1 aliphatic rings. The fourth-order valence-electron chi connectivity index (χ4n) is 1.72. The summed E-state index contributed by atoms with van der Waals surface area (Å²) in [6.45, 7) is 2.03. The Labute approximate surface area is 111 Å². The molecule has 1 aliphatic carbocycles. The van der Waals surface area contributed by atoms with Crippen LogP contribution in [0.1, 0.15) is 13.3 Å². The van der Waals surface area contributed by atoms with Gasteiger partial charge in [-0.1, -0.05) is 18.5 Å². The summed E-state index contributed by atoms with van der Waals surface area (Å²) >= 11 is 5.74. The Morgan fingerprint density at radius 2 is 1.94 bits per heavy atom. The first-order valence-electron chi connectivity index (χ1n) is 5.89. The molecular formula is C13H15ClN2O2. The minimum Gasteiger partial charge on any atom is -0.347 e. The molecular weight excluding hydrogens is 252 g/mol. The lowest BCUT2D eigenvalue weighted by Crippen LogP contribution is -2.34. The highest BCUT2D eigenvalue weighted by Gasteiger charge is 2.38. The van der Waals surface area contributed by atoms with Crippen molar-refractivity contribution in [2.24, 2.45) is 11.8 Å². The van der Waals surface area contributed by atoms with E-state index >= 15 is 0 Å². The molecule has 2 N–H and O–H groups in total. The number of nitrogens with one attached hydrogen (secondary N) is 2. The predicted molar refractivity (Wildman–Crippen MR) is 70.4 cm³/mol. The van der Waals surface area contributed by atoms with E-state index in [0.717, 1.165) is 6.42 Å². The number of benzene rings is 1. The van der Waals surface area contributed by atoms with Crippen LogP contribution in [0.5, 0.6) is 0 Å². The summed E-state index contributed by atoms with van der Waals surface area (Å²) in [5, 5.41) is 5.93. The number of hydrogen-bond donors (Lipinski definition) is 2. The van der Waals surface area contributed by atoms with Gasteiger partial charge in [-0.25, -0.2) is 0 Å². The highest BCUT2D eigenvalue weighted by molar-refractivity contribution is 6.30. The first-order valence-corrected chi connectivity index (χ1v) is 6.27. The number of rotatable bonds is 4. The maximum Gasteiger partial charge on any atom is 0.243 e. The molecule has 2 atom stereocenters. The zero-order chi connectivity index (χ0) is 13.1. The Morgan fingerprint density at radius 1 is 1.33 bits per heavy atom. The average molecular weight is 267 g/mol. The van der Waals surface area contributed by atoms with Gasteiger partial charge in [-0.05, 0) is 36.6 Å². The van der Waals surface area contributed by atoms with Crippen molar-refractivity contribution in [3.05, 3.63) is 29.3 Å². The van der Waals surface area contributed by atoms with Crippen molar-refractivity contribution >= 4 is 29.1 Å². The number of carbonyl (C=O) groups is 2.